The lowest BCUT2D eigenvalue weighted by molar-refractivity contribution is 0.0956. The van der Waals surface area contributed by atoms with Crippen LogP contribution < -0.4 is 11.1 Å². The Morgan fingerprint density at radius 3 is 2.80 bits per heavy atom. The molecule has 1 amide bonds. The molecule has 3 N–H and O–H groups in total. The van der Waals surface area contributed by atoms with Crippen molar-refractivity contribution in [3.8, 4) is 11.8 Å². The van der Waals surface area contributed by atoms with Gasteiger partial charge in [-0.05, 0) is 30.7 Å². The summed E-state index contributed by atoms with van der Waals surface area (Å²) < 4.78 is 11.3. The molecular formula is C15H20N2O2S. The summed E-state index contributed by atoms with van der Waals surface area (Å²) in [6, 6.07) is 5.45. The van der Waals surface area contributed by atoms with Gasteiger partial charge >= 0.3 is 0 Å². The minimum Gasteiger partial charge on any atom is -0.351 e. The van der Waals surface area contributed by atoms with Crippen LogP contribution >= 0.6 is 0 Å². The van der Waals surface area contributed by atoms with Crippen LogP contribution in [0.3, 0.4) is 0 Å². The van der Waals surface area contributed by atoms with E-state index in [0.29, 0.717) is 23.6 Å². The zero-order valence-electron chi connectivity index (χ0n) is 11.9. The minimum atomic E-state index is -0.864. The van der Waals surface area contributed by atoms with Crippen LogP contribution in [-0.4, -0.2) is 34.7 Å². The summed E-state index contributed by atoms with van der Waals surface area (Å²) in [7, 11) is -0.864. The average molecular weight is 292 g/mol. The van der Waals surface area contributed by atoms with Crippen molar-refractivity contribution in [3.05, 3.63) is 34.9 Å². The topological polar surface area (TPSA) is 72.2 Å². The fourth-order valence-corrected chi connectivity index (χ4v) is 2.28. The predicted octanol–water partition coefficient (Wildman–Crippen LogP) is 0.804. The van der Waals surface area contributed by atoms with Gasteiger partial charge in [0.1, 0.15) is 0 Å². The lowest BCUT2D eigenvalue weighted by Crippen LogP contribution is -2.28. The number of nitrogens with two attached hydrogens (primary N) is 1. The van der Waals surface area contributed by atoms with Crippen molar-refractivity contribution < 1.29 is 9.00 Å². The SMILES string of the molecule is CCS(=O)CCNC(=O)c1cc(C)cc(C#CCN)c1. The van der Waals surface area contributed by atoms with Crippen LogP contribution in [0.15, 0.2) is 18.2 Å². The van der Waals surface area contributed by atoms with Crippen LogP contribution in [0.1, 0.15) is 28.4 Å². The molecule has 0 radical (unpaired) electrons. The van der Waals surface area contributed by atoms with Crippen molar-refractivity contribution >= 4 is 16.7 Å². The molecule has 1 atom stereocenters. The van der Waals surface area contributed by atoms with Gasteiger partial charge in [0.2, 0.25) is 0 Å². The molecule has 0 spiro atoms. The van der Waals surface area contributed by atoms with Crippen LogP contribution in [0.25, 0.3) is 0 Å². The Morgan fingerprint density at radius 2 is 2.15 bits per heavy atom. The molecule has 1 aromatic rings. The van der Waals surface area contributed by atoms with Gasteiger partial charge in [-0.1, -0.05) is 18.8 Å². The third kappa shape index (κ3) is 5.55. The number of hydrogen-bond acceptors (Lipinski definition) is 3. The molecule has 1 rings (SSSR count). The van der Waals surface area contributed by atoms with Gasteiger partial charge in [0.25, 0.3) is 5.91 Å². The Kier molecular flexibility index (Phi) is 6.99. The number of nitrogens with one attached hydrogen (secondary N) is 1. The number of amides is 1. The van der Waals surface area contributed by atoms with Gasteiger partial charge in [0.05, 0.1) is 6.54 Å². The highest BCUT2D eigenvalue weighted by atomic mass is 32.2. The van der Waals surface area contributed by atoms with E-state index in [1.165, 1.54) is 0 Å². The van der Waals surface area contributed by atoms with Crippen molar-refractivity contribution in [2.24, 2.45) is 5.73 Å². The largest absolute Gasteiger partial charge is 0.351 e. The van der Waals surface area contributed by atoms with Gasteiger partial charge < -0.3 is 11.1 Å². The summed E-state index contributed by atoms with van der Waals surface area (Å²) >= 11 is 0. The van der Waals surface area contributed by atoms with Gasteiger partial charge in [-0.15, -0.1) is 0 Å². The van der Waals surface area contributed by atoms with Gasteiger partial charge in [0.15, 0.2) is 0 Å². The summed E-state index contributed by atoms with van der Waals surface area (Å²) in [6.45, 7) is 4.48. The maximum absolute atomic E-state index is 12.0. The molecular weight excluding hydrogens is 272 g/mol. The first-order chi connectivity index (χ1) is 9.56. The predicted molar refractivity (Wildman–Crippen MR) is 83.0 cm³/mol. The van der Waals surface area contributed by atoms with Crippen LogP contribution in [0, 0.1) is 18.8 Å². The van der Waals surface area contributed by atoms with E-state index in [-0.39, 0.29) is 12.5 Å². The van der Waals surface area contributed by atoms with E-state index in [2.05, 4.69) is 17.2 Å². The van der Waals surface area contributed by atoms with E-state index >= 15 is 0 Å². The van der Waals surface area contributed by atoms with E-state index in [1.54, 1.807) is 12.1 Å². The molecule has 0 aliphatic heterocycles. The first-order valence-electron chi connectivity index (χ1n) is 6.50. The first-order valence-corrected chi connectivity index (χ1v) is 7.99. The molecule has 0 heterocycles. The second-order valence-corrected chi connectivity index (χ2v) is 6.15. The van der Waals surface area contributed by atoms with Crippen molar-refractivity contribution in [2.45, 2.75) is 13.8 Å². The fraction of sp³-hybridized carbons (Fsp3) is 0.400. The number of carbonyl (C=O) groups is 1. The molecule has 0 aromatic heterocycles. The number of aryl methyl sites for hydroxylation is 1. The zero-order chi connectivity index (χ0) is 15.0. The monoisotopic (exact) mass is 292 g/mol. The Morgan fingerprint density at radius 1 is 1.40 bits per heavy atom. The van der Waals surface area contributed by atoms with Crippen LogP contribution in [0.4, 0.5) is 0 Å². The Hall–Kier alpha value is -1.64. The van der Waals surface area contributed by atoms with Gasteiger partial charge in [0, 0.05) is 40.0 Å². The van der Waals surface area contributed by atoms with E-state index in [1.807, 2.05) is 19.9 Å². The summed E-state index contributed by atoms with van der Waals surface area (Å²) in [6.07, 6.45) is 0. The van der Waals surface area contributed by atoms with E-state index < -0.39 is 10.8 Å². The second-order valence-electron chi connectivity index (χ2n) is 4.28. The lowest BCUT2D eigenvalue weighted by Gasteiger charge is -2.06. The molecule has 0 saturated carbocycles. The molecule has 108 valence electrons. The molecule has 1 unspecified atom stereocenters. The first kappa shape index (κ1) is 16.4. The summed E-state index contributed by atoms with van der Waals surface area (Å²) in [4.78, 5) is 12.0. The zero-order valence-corrected chi connectivity index (χ0v) is 12.7. The summed E-state index contributed by atoms with van der Waals surface area (Å²) in [5.41, 5.74) is 7.65. The second kappa shape index (κ2) is 8.51. The minimum absolute atomic E-state index is 0.169. The van der Waals surface area contributed by atoms with E-state index in [0.717, 1.165) is 11.1 Å². The Bertz CT molecular complexity index is 559. The fourth-order valence-electron chi connectivity index (χ4n) is 1.66. The molecule has 0 saturated heterocycles. The molecule has 5 heteroatoms. The number of hydrogen-bond donors (Lipinski definition) is 2. The van der Waals surface area contributed by atoms with Gasteiger partial charge in [-0.25, -0.2) is 0 Å². The lowest BCUT2D eigenvalue weighted by atomic mass is 10.1. The molecule has 0 aliphatic carbocycles. The maximum Gasteiger partial charge on any atom is 0.251 e. The van der Waals surface area contributed by atoms with Crippen molar-refractivity contribution in [2.75, 3.05) is 24.6 Å². The molecule has 0 bridgehead atoms. The number of rotatable bonds is 5. The van der Waals surface area contributed by atoms with Crippen molar-refractivity contribution in [1.82, 2.24) is 5.32 Å². The summed E-state index contributed by atoms with van der Waals surface area (Å²) in [5, 5.41) is 2.77. The van der Waals surface area contributed by atoms with Crippen molar-refractivity contribution in [1.29, 1.82) is 0 Å². The van der Waals surface area contributed by atoms with E-state index in [4.69, 9.17) is 5.73 Å². The quantitative estimate of drug-likeness (QED) is 0.789. The standard InChI is InChI=1S/C15H20N2O2S/c1-3-20(19)8-7-17-15(18)14-10-12(2)9-13(11-14)5-4-6-16/h9-11H,3,6-8,16H2,1-2H3,(H,17,18). The van der Waals surface area contributed by atoms with Gasteiger partial charge in [-0.2, -0.15) is 0 Å². The third-order valence-corrected chi connectivity index (χ3v) is 3.92. The molecule has 4 nitrogen and oxygen atoms in total. The van der Waals surface area contributed by atoms with Crippen LogP contribution in [-0.2, 0) is 10.8 Å². The number of carbonyl (C=O) groups excluding carboxylic acids is 1. The van der Waals surface area contributed by atoms with Gasteiger partial charge in [-0.3, -0.25) is 9.00 Å². The van der Waals surface area contributed by atoms with E-state index in [9.17, 15) is 9.00 Å². The Labute approximate surface area is 122 Å². The summed E-state index contributed by atoms with van der Waals surface area (Å²) in [5.74, 6) is 6.61. The number of benzene rings is 1. The van der Waals surface area contributed by atoms with Crippen LogP contribution in [0.2, 0.25) is 0 Å². The highest BCUT2D eigenvalue weighted by Crippen LogP contribution is 2.09. The smallest absolute Gasteiger partial charge is 0.251 e. The van der Waals surface area contributed by atoms with Crippen molar-refractivity contribution in [3.63, 3.8) is 0 Å². The highest BCUT2D eigenvalue weighted by molar-refractivity contribution is 7.84. The maximum atomic E-state index is 12.0. The molecule has 1 aromatic carbocycles. The third-order valence-electron chi connectivity index (χ3n) is 2.61. The normalized spacial score (nSPS) is 11.3. The molecule has 0 aliphatic rings. The van der Waals surface area contributed by atoms with Crippen LogP contribution in [0.5, 0.6) is 0 Å². The molecule has 20 heavy (non-hydrogen) atoms. The highest BCUT2D eigenvalue weighted by Gasteiger charge is 2.07. The Balaban J connectivity index is 2.72. The molecule has 0 fully saturated rings. The average Bonchev–Trinajstić information content (AvgIpc) is 2.44.